The van der Waals surface area contributed by atoms with E-state index >= 15 is 0 Å². The van der Waals surface area contributed by atoms with Crippen molar-refractivity contribution in [2.45, 2.75) is 13.8 Å². The predicted molar refractivity (Wildman–Crippen MR) is 33.6 cm³/mol. The van der Waals surface area contributed by atoms with Crippen molar-refractivity contribution in [3.63, 3.8) is 0 Å². The minimum absolute atomic E-state index is 0.0532. The first-order valence-electron chi connectivity index (χ1n) is 2.60. The Morgan fingerprint density at radius 2 is 2.11 bits per heavy atom. The Morgan fingerprint density at radius 1 is 1.67 bits per heavy atom. The van der Waals surface area contributed by atoms with E-state index in [4.69, 9.17) is 5.73 Å². The zero-order chi connectivity index (χ0) is 7.49. The van der Waals surface area contributed by atoms with E-state index in [-0.39, 0.29) is 6.54 Å². The van der Waals surface area contributed by atoms with Gasteiger partial charge in [0.1, 0.15) is 0 Å². The molecule has 0 aliphatic carbocycles. The van der Waals surface area contributed by atoms with Crippen molar-refractivity contribution in [1.82, 2.24) is 0 Å². The normalized spacial score (nSPS) is 10.9. The molecule has 0 heterocycles. The molecule has 0 aliphatic heterocycles. The van der Waals surface area contributed by atoms with Gasteiger partial charge >= 0.3 is 0 Å². The van der Waals surface area contributed by atoms with Gasteiger partial charge in [-0.2, -0.15) is 4.91 Å². The lowest BCUT2D eigenvalue weighted by Crippen LogP contribution is -2.33. The molecule has 52 valence electrons. The van der Waals surface area contributed by atoms with E-state index in [2.05, 4.69) is 5.18 Å². The smallest absolute Gasteiger partial charge is 0.225 e. The van der Waals surface area contributed by atoms with E-state index in [1.54, 1.807) is 13.8 Å². The van der Waals surface area contributed by atoms with Crippen molar-refractivity contribution in [3.05, 3.63) is 4.91 Å². The number of carbonyl (C=O) groups excluding carboxylic acids is 1. The van der Waals surface area contributed by atoms with E-state index in [9.17, 15) is 9.70 Å². The van der Waals surface area contributed by atoms with Crippen LogP contribution in [0.25, 0.3) is 0 Å². The summed E-state index contributed by atoms with van der Waals surface area (Å²) in [6, 6.07) is 0. The number of nitrogens with two attached hydrogens (primary N) is 1. The maximum absolute atomic E-state index is 10.4. The van der Waals surface area contributed by atoms with Gasteiger partial charge in [-0.15, -0.1) is 0 Å². The molecule has 4 heteroatoms. The summed E-state index contributed by atoms with van der Waals surface area (Å²) in [6.07, 6.45) is 0. The fraction of sp³-hybridized carbons (Fsp3) is 0.800. The number of nitroso groups, excluding NO2 is 1. The molecule has 0 aromatic carbocycles. The van der Waals surface area contributed by atoms with E-state index in [0.29, 0.717) is 0 Å². The number of primary amides is 1. The first kappa shape index (κ1) is 8.07. The van der Waals surface area contributed by atoms with Crippen molar-refractivity contribution in [3.8, 4) is 0 Å². The molecule has 0 spiro atoms. The highest BCUT2D eigenvalue weighted by Gasteiger charge is 2.24. The zero-order valence-electron chi connectivity index (χ0n) is 5.55. The number of rotatable bonds is 3. The summed E-state index contributed by atoms with van der Waals surface area (Å²) in [5, 5.41) is 2.58. The average molecular weight is 130 g/mol. The van der Waals surface area contributed by atoms with Crippen LogP contribution in [0.15, 0.2) is 5.18 Å². The van der Waals surface area contributed by atoms with Crippen LogP contribution in [0, 0.1) is 10.3 Å². The van der Waals surface area contributed by atoms with Crippen molar-refractivity contribution in [1.29, 1.82) is 0 Å². The third-order valence-corrected chi connectivity index (χ3v) is 1.13. The van der Waals surface area contributed by atoms with Crippen LogP contribution in [0.5, 0.6) is 0 Å². The van der Waals surface area contributed by atoms with E-state index in [0.717, 1.165) is 0 Å². The summed E-state index contributed by atoms with van der Waals surface area (Å²) in [7, 11) is 0. The van der Waals surface area contributed by atoms with Crippen LogP contribution in [0.4, 0.5) is 0 Å². The second-order valence-corrected chi connectivity index (χ2v) is 2.54. The molecule has 0 saturated heterocycles. The van der Waals surface area contributed by atoms with Gasteiger partial charge in [0.2, 0.25) is 5.91 Å². The lowest BCUT2D eigenvalue weighted by Gasteiger charge is -2.14. The molecule has 1 amide bonds. The molecule has 0 bridgehead atoms. The zero-order valence-corrected chi connectivity index (χ0v) is 5.55. The molecule has 0 aliphatic rings. The van der Waals surface area contributed by atoms with E-state index in [1.165, 1.54) is 0 Å². The maximum Gasteiger partial charge on any atom is 0.225 e. The first-order valence-corrected chi connectivity index (χ1v) is 2.60. The molecule has 2 N–H and O–H groups in total. The average Bonchev–Trinajstić information content (AvgIpc) is 1.65. The standard InChI is InChI=1S/C5H10N2O2/c1-5(2,3-7-9)4(6)8/h3H2,1-2H3,(H2,6,8). The molecule has 0 aromatic heterocycles. The number of hydrogen-bond acceptors (Lipinski definition) is 3. The van der Waals surface area contributed by atoms with Crippen LogP contribution < -0.4 is 5.73 Å². The van der Waals surface area contributed by atoms with E-state index in [1.807, 2.05) is 0 Å². The Morgan fingerprint density at radius 3 is 2.22 bits per heavy atom. The summed E-state index contributed by atoms with van der Waals surface area (Å²) in [5.41, 5.74) is 4.13. The summed E-state index contributed by atoms with van der Waals surface area (Å²) in [6.45, 7) is 3.11. The monoisotopic (exact) mass is 130 g/mol. The third-order valence-electron chi connectivity index (χ3n) is 1.13. The fourth-order valence-corrected chi connectivity index (χ4v) is 0.239. The van der Waals surface area contributed by atoms with E-state index < -0.39 is 11.3 Å². The predicted octanol–water partition coefficient (Wildman–Crippen LogP) is 0.264. The van der Waals surface area contributed by atoms with Gasteiger partial charge in [0, 0.05) is 0 Å². The first-order chi connectivity index (χ1) is 4.00. The second-order valence-electron chi connectivity index (χ2n) is 2.54. The van der Waals surface area contributed by atoms with Crippen LogP contribution in [0.2, 0.25) is 0 Å². The second kappa shape index (κ2) is 2.57. The highest BCUT2D eigenvalue weighted by atomic mass is 16.3. The Labute approximate surface area is 53.4 Å². The lowest BCUT2D eigenvalue weighted by molar-refractivity contribution is -0.125. The number of nitrogens with zero attached hydrogens (tertiary/aromatic N) is 1. The lowest BCUT2D eigenvalue weighted by atomic mass is 9.93. The molecule has 0 rings (SSSR count). The Kier molecular flexibility index (Phi) is 2.30. The van der Waals surface area contributed by atoms with Gasteiger partial charge in [-0.3, -0.25) is 4.79 Å². The quantitative estimate of drug-likeness (QED) is 0.556. The molecule has 0 fully saturated rings. The topological polar surface area (TPSA) is 72.5 Å². The van der Waals surface area contributed by atoms with Gasteiger partial charge < -0.3 is 5.73 Å². The molecule has 0 atom stereocenters. The fourth-order valence-electron chi connectivity index (χ4n) is 0.239. The van der Waals surface area contributed by atoms with Crippen LogP contribution in [-0.2, 0) is 4.79 Å². The summed E-state index contributed by atoms with van der Waals surface area (Å²) in [4.78, 5) is 20.1. The molecule has 0 unspecified atom stereocenters. The largest absolute Gasteiger partial charge is 0.369 e. The molecule has 0 saturated carbocycles. The molecule has 9 heavy (non-hydrogen) atoms. The van der Waals surface area contributed by atoms with Gasteiger partial charge in [-0.25, -0.2) is 0 Å². The Bertz CT molecular complexity index is 131. The van der Waals surface area contributed by atoms with Gasteiger partial charge in [-0.1, -0.05) is 5.18 Å². The number of hydrogen-bond donors (Lipinski definition) is 1. The Hall–Kier alpha value is -0.930. The van der Waals surface area contributed by atoms with Crippen LogP contribution in [-0.4, -0.2) is 12.5 Å². The summed E-state index contributed by atoms with van der Waals surface area (Å²) >= 11 is 0. The van der Waals surface area contributed by atoms with Crippen LogP contribution >= 0.6 is 0 Å². The Balaban J connectivity index is 4.00. The molecular weight excluding hydrogens is 120 g/mol. The highest BCUT2D eigenvalue weighted by molar-refractivity contribution is 5.80. The van der Waals surface area contributed by atoms with Gasteiger partial charge in [-0.05, 0) is 13.8 Å². The third kappa shape index (κ3) is 2.21. The summed E-state index contributed by atoms with van der Waals surface area (Å²) in [5.74, 6) is -0.498. The van der Waals surface area contributed by atoms with Gasteiger partial charge in [0.15, 0.2) is 0 Å². The van der Waals surface area contributed by atoms with Crippen molar-refractivity contribution < 1.29 is 4.79 Å². The molecule has 0 radical (unpaired) electrons. The molecular formula is C5H10N2O2. The summed E-state index contributed by atoms with van der Waals surface area (Å²) < 4.78 is 0. The SMILES string of the molecule is CC(C)(CN=O)C(N)=O. The van der Waals surface area contributed by atoms with Crippen LogP contribution in [0.1, 0.15) is 13.8 Å². The van der Waals surface area contributed by atoms with Crippen molar-refractivity contribution in [2.75, 3.05) is 6.54 Å². The number of carbonyl (C=O) groups is 1. The van der Waals surface area contributed by atoms with Gasteiger partial charge in [0.25, 0.3) is 0 Å². The molecule has 4 nitrogen and oxygen atoms in total. The maximum atomic E-state index is 10.4. The van der Waals surface area contributed by atoms with Crippen molar-refractivity contribution >= 4 is 5.91 Å². The highest BCUT2D eigenvalue weighted by Crippen LogP contribution is 2.13. The minimum Gasteiger partial charge on any atom is -0.369 e. The number of amides is 1. The van der Waals surface area contributed by atoms with Crippen LogP contribution in [0.3, 0.4) is 0 Å². The van der Waals surface area contributed by atoms with Gasteiger partial charge in [0.05, 0.1) is 12.0 Å². The molecule has 0 aromatic rings. The van der Waals surface area contributed by atoms with Crippen molar-refractivity contribution in [2.24, 2.45) is 16.3 Å². The minimum atomic E-state index is -0.790.